The fourth-order valence-corrected chi connectivity index (χ4v) is 2.76. The molecule has 0 heterocycles. The predicted octanol–water partition coefficient (Wildman–Crippen LogP) is 6.40. The largest absolute Gasteiger partial charge is 0.276 e. The molecule has 0 unspecified atom stereocenters. The van der Waals surface area contributed by atoms with Crippen LogP contribution in [0.5, 0.6) is 0 Å². The van der Waals surface area contributed by atoms with Gasteiger partial charge in [-0.25, -0.2) is 0 Å². The predicted molar refractivity (Wildman–Crippen MR) is 112 cm³/mol. The normalized spacial score (nSPS) is 11.8. The summed E-state index contributed by atoms with van der Waals surface area (Å²) in [7, 11) is 0. The van der Waals surface area contributed by atoms with Crippen LogP contribution in [0.2, 0.25) is 0 Å². The maximum atomic E-state index is 4.48. The molecule has 0 radical (unpaired) electrons. The molecule has 0 spiro atoms. The van der Waals surface area contributed by atoms with Crippen molar-refractivity contribution < 1.29 is 0 Å². The Labute approximate surface area is 157 Å². The van der Waals surface area contributed by atoms with Gasteiger partial charge in [-0.15, -0.1) is 10.2 Å². The van der Waals surface area contributed by atoms with E-state index in [1.54, 1.807) is 0 Å². The van der Waals surface area contributed by atoms with E-state index in [0.717, 1.165) is 27.7 Å². The molecule has 4 aromatic carbocycles. The van der Waals surface area contributed by atoms with Gasteiger partial charge >= 0.3 is 0 Å². The molecule has 0 aliphatic rings. The smallest absolute Gasteiger partial charge is 0.201 e. The number of hydrazone groups is 1. The molecule has 0 saturated carbocycles. The van der Waals surface area contributed by atoms with Crippen LogP contribution in [0.1, 0.15) is 5.56 Å². The van der Waals surface area contributed by atoms with Crippen molar-refractivity contribution in [2.24, 2.45) is 15.3 Å². The summed E-state index contributed by atoms with van der Waals surface area (Å²) in [5.74, 6) is 0.521. The lowest BCUT2D eigenvalue weighted by Crippen LogP contribution is -2.00. The number of para-hydroxylation sites is 1. The molecule has 27 heavy (non-hydrogen) atoms. The minimum atomic E-state index is 0.521. The monoisotopic (exact) mass is 350 g/mol. The second-order valence-electron chi connectivity index (χ2n) is 5.98. The maximum Gasteiger partial charge on any atom is 0.201 e. The molecule has 0 fully saturated rings. The van der Waals surface area contributed by atoms with Gasteiger partial charge in [0, 0.05) is 10.9 Å². The summed E-state index contributed by atoms with van der Waals surface area (Å²) >= 11 is 0. The highest BCUT2D eigenvalue weighted by molar-refractivity contribution is 6.00. The lowest BCUT2D eigenvalue weighted by Gasteiger charge is -2.04. The molecule has 0 atom stereocenters. The quantitative estimate of drug-likeness (QED) is 0.197. The Morgan fingerprint density at radius 3 is 2.11 bits per heavy atom. The summed E-state index contributed by atoms with van der Waals surface area (Å²) in [4.78, 5) is 0. The first-order valence-electron chi connectivity index (χ1n) is 8.74. The van der Waals surface area contributed by atoms with Gasteiger partial charge in [-0.2, -0.15) is 5.10 Å². The topological polar surface area (TPSA) is 49.1 Å². The highest BCUT2D eigenvalue weighted by Gasteiger charge is 2.04. The zero-order chi connectivity index (χ0) is 18.3. The number of hydrogen-bond acceptors (Lipinski definition) is 3. The molecular weight excluding hydrogens is 332 g/mol. The van der Waals surface area contributed by atoms with E-state index in [4.69, 9.17) is 0 Å². The minimum absolute atomic E-state index is 0.521. The third kappa shape index (κ3) is 4.07. The van der Waals surface area contributed by atoms with Crippen molar-refractivity contribution in [3.63, 3.8) is 0 Å². The SMILES string of the molecule is c1ccc(N/N=C(\N=Nc2cccc3ccccc23)c2ccccc2)cc1. The van der Waals surface area contributed by atoms with E-state index in [1.165, 1.54) is 0 Å². The molecule has 0 aliphatic carbocycles. The standard InChI is InChI=1S/C23H18N4/c1-3-11-19(12-4-1)23(26-24-20-14-5-2-6-15-20)27-25-22-17-9-13-18-10-7-8-16-21(18)22/h1-17,24H/b26-23-,27-25?. The molecule has 0 saturated heterocycles. The first kappa shape index (κ1) is 16.7. The molecular formula is C23H18N4. The van der Waals surface area contributed by atoms with Crippen molar-refractivity contribution in [3.05, 3.63) is 109 Å². The van der Waals surface area contributed by atoms with Crippen LogP contribution in [0.4, 0.5) is 11.4 Å². The summed E-state index contributed by atoms with van der Waals surface area (Å²) in [5.41, 5.74) is 5.66. The van der Waals surface area contributed by atoms with Gasteiger partial charge in [0.25, 0.3) is 0 Å². The van der Waals surface area contributed by atoms with Crippen molar-refractivity contribution in [1.82, 2.24) is 0 Å². The Morgan fingerprint density at radius 2 is 1.30 bits per heavy atom. The summed E-state index contributed by atoms with van der Waals surface area (Å²) in [6.07, 6.45) is 0. The molecule has 0 aromatic heterocycles. The van der Waals surface area contributed by atoms with Gasteiger partial charge in [0.15, 0.2) is 0 Å². The number of azo groups is 1. The van der Waals surface area contributed by atoms with Crippen LogP contribution in [0.15, 0.2) is 118 Å². The Kier molecular flexibility index (Phi) is 4.97. The number of nitrogens with zero attached hydrogens (tertiary/aromatic N) is 3. The third-order valence-electron chi connectivity index (χ3n) is 4.12. The first-order valence-corrected chi connectivity index (χ1v) is 8.74. The summed E-state index contributed by atoms with van der Waals surface area (Å²) in [6.45, 7) is 0. The molecule has 0 bridgehead atoms. The Balaban J connectivity index is 1.69. The number of hydrogen-bond donors (Lipinski definition) is 1. The van der Waals surface area contributed by atoms with Gasteiger partial charge in [-0.05, 0) is 23.6 Å². The Morgan fingerprint density at radius 1 is 0.630 bits per heavy atom. The number of benzene rings is 4. The second-order valence-corrected chi connectivity index (χ2v) is 5.98. The van der Waals surface area contributed by atoms with Crippen LogP contribution in [0.3, 0.4) is 0 Å². The Hall–Kier alpha value is -3.79. The van der Waals surface area contributed by atoms with Gasteiger partial charge in [-0.1, -0.05) is 84.9 Å². The van der Waals surface area contributed by atoms with Crippen molar-refractivity contribution in [2.45, 2.75) is 0 Å². The lowest BCUT2D eigenvalue weighted by molar-refractivity contribution is 1.23. The Bertz CT molecular complexity index is 1080. The highest BCUT2D eigenvalue weighted by Crippen LogP contribution is 2.26. The fraction of sp³-hybridized carbons (Fsp3) is 0. The number of nitrogens with one attached hydrogen (secondary N) is 1. The van der Waals surface area contributed by atoms with Crippen LogP contribution in [-0.4, -0.2) is 5.84 Å². The minimum Gasteiger partial charge on any atom is -0.276 e. The van der Waals surface area contributed by atoms with Crippen LogP contribution < -0.4 is 5.43 Å². The molecule has 130 valence electrons. The van der Waals surface area contributed by atoms with Crippen molar-refractivity contribution >= 4 is 28.0 Å². The van der Waals surface area contributed by atoms with E-state index in [9.17, 15) is 0 Å². The average Bonchev–Trinajstić information content (AvgIpc) is 2.75. The van der Waals surface area contributed by atoms with Gasteiger partial charge in [0.2, 0.25) is 5.84 Å². The van der Waals surface area contributed by atoms with Crippen molar-refractivity contribution in [2.75, 3.05) is 5.43 Å². The molecule has 0 aliphatic heterocycles. The van der Waals surface area contributed by atoms with E-state index in [2.05, 4.69) is 32.9 Å². The summed E-state index contributed by atoms with van der Waals surface area (Å²) in [5, 5.41) is 15.6. The van der Waals surface area contributed by atoms with E-state index in [-0.39, 0.29) is 0 Å². The van der Waals surface area contributed by atoms with E-state index in [1.807, 2.05) is 91.0 Å². The molecule has 4 heteroatoms. The van der Waals surface area contributed by atoms with Gasteiger partial charge in [-0.3, -0.25) is 5.43 Å². The van der Waals surface area contributed by atoms with Crippen LogP contribution >= 0.6 is 0 Å². The van der Waals surface area contributed by atoms with Gasteiger partial charge in [0.05, 0.1) is 11.4 Å². The van der Waals surface area contributed by atoms with Crippen molar-refractivity contribution in [1.29, 1.82) is 0 Å². The van der Waals surface area contributed by atoms with Gasteiger partial charge < -0.3 is 0 Å². The first-order chi connectivity index (χ1) is 13.4. The fourth-order valence-electron chi connectivity index (χ4n) is 2.76. The maximum absolute atomic E-state index is 4.48. The van der Waals surface area contributed by atoms with Crippen molar-refractivity contribution in [3.8, 4) is 0 Å². The number of anilines is 1. The third-order valence-corrected chi connectivity index (χ3v) is 4.12. The summed E-state index contributed by atoms with van der Waals surface area (Å²) < 4.78 is 0. The molecule has 1 N–H and O–H groups in total. The molecule has 4 nitrogen and oxygen atoms in total. The van der Waals surface area contributed by atoms with E-state index >= 15 is 0 Å². The van der Waals surface area contributed by atoms with E-state index in [0.29, 0.717) is 5.84 Å². The highest BCUT2D eigenvalue weighted by atomic mass is 15.3. The number of fused-ring (bicyclic) bond motifs is 1. The zero-order valence-corrected chi connectivity index (χ0v) is 14.7. The number of amidine groups is 1. The van der Waals surface area contributed by atoms with Crippen LogP contribution in [0.25, 0.3) is 10.8 Å². The van der Waals surface area contributed by atoms with Crippen LogP contribution in [-0.2, 0) is 0 Å². The van der Waals surface area contributed by atoms with Gasteiger partial charge in [0.1, 0.15) is 0 Å². The van der Waals surface area contributed by atoms with Crippen LogP contribution in [0, 0.1) is 0 Å². The summed E-state index contributed by atoms with van der Waals surface area (Å²) in [6, 6.07) is 33.7. The second kappa shape index (κ2) is 8.06. The zero-order valence-electron chi connectivity index (χ0n) is 14.7. The number of rotatable bonds is 4. The molecule has 0 amide bonds. The average molecular weight is 350 g/mol. The molecule has 4 rings (SSSR count). The van der Waals surface area contributed by atoms with E-state index < -0.39 is 0 Å². The lowest BCUT2D eigenvalue weighted by atomic mass is 10.1. The molecule has 4 aromatic rings.